The van der Waals surface area contributed by atoms with E-state index in [0.29, 0.717) is 33.9 Å². The molecule has 0 atom stereocenters. The van der Waals surface area contributed by atoms with Crippen LogP contribution in [0.15, 0.2) is 35.0 Å². The van der Waals surface area contributed by atoms with Crippen molar-refractivity contribution in [2.24, 2.45) is 0 Å². The lowest BCUT2D eigenvalue weighted by molar-refractivity contribution is -0.136. The molecule has 1 aliphatic heterocycles. The standard InChI is InChI=1S/C22H27NO5/c1-14-20(22(25)28-4)18(21(24)23(14)16-8-6-5-7-9-16)13-15-12-17(26-2)10-11-19(15)27-3/h10-13,16H,5-9H2,1-4H3/b18-13-. The van der Waals surface area contributed by atoms with Crippen LogP contribution in [0.2, 0.25) is 0 Å². The first kappa shape index (κ1) is 20.0. The SMILES string of the molecule is COC(=O)C1=C(C)N(C2CCCCC2)C(=O)/C1=C\c1cc(OC)ccc1OC. The van der Waals surface area contributed by atoms with E-state index < -0.39 is 5.97 Å². The molecule has 1 fully saturated rings. The summed E-state index contributed by atoms with van der Waals surface area (Å²) >= 11 is 0. The molecule has 28 heavy (non-hydrogen) atoms. The average Bonchev–Trinajstić information content (AvgIpc) is 2.97. The number of carbonyl (C=O) groups excluding carboxylic acids is 2. The molecular formula is C22H27NO5. The van der Waals surface area contributed by atoms with Gasteiger partial charge in [0, 0.05) is 17.3 Å². The van der Waals surface area contributed by atoms with Gasteiger partial charge in [0.25, 0.3) is 5.91 Å². The van der Waals surface area contributed by atoms with Gasteiger partial charge in [-0.15, -0.1) is 0 Å². The molecule has 1 saturated carbocycles. The number of nitrogens with zero attached hydrogens (tertiary/aromatic N) is 1. The Labute approximate surface area is 165 Å². The van der Waals surface area contributed by atoms with Gasteiger partial charge >= 0.3 is 5.97 Å². The molecule has 2 aliphatic rings. The third-order valence-electron chi connectivity index (χ3n) is 5.51. The third kappa shape index (κ3) is 3.63. The van der Waals surface area contributed by atoms with E-state index >= 15 is 0 Å². The van der Waals surface area contributed by atoms with E-state index in [4.69, 9.17) is 14.2 Å². The number of hydrogen-bond donors (Lipinski definition) is 0. The lowest BCUT2D eigenvalue weighted by Crippen LogP contribution is -2.37. The van der Waals surface area contributed by atoms with Gasteiger partial charge in [-0.3, -0.25) is 4.79 Å². The Morgan fingerprint density at radius 2 is 1.82 bits per heavy atom. The normalized spacial score (nSPS) is 19.4. The number of amides is 1. The first-order valence-corrected chi connectivity index (χ1v) is 9.58. The van der Waals surface area contributed by atoms with Crippen LogP contribution < -0.4 is 9.47 Å². The fourth-order valence-corrected chi connectivity index (χ4v) is 4.08. The van der Waals surface area contributed by atoms with E-state index in [1.54, 1.807) is 43.4 Å². The van der Waals surface area contributed by atoms with Crippen molar-refractivity contribution in [3.8, 4) is 11.5 Å². The minimum absolute atomic E-state index is 0.124. The number of benzene rings is 1. The third-order valence-corrected chi connectivity index (χ3v) is 5.51. The van der Waals surface area contributed by atoms with E-state index in [9.17, 15) is 9.59 Å². The molecular weight excluding hydrogens is 358 g/mol. The van der Waals surface area contributed by atoms with Gasteiger partial charge in [0.2, 0.25) is 0 Å². The maximum absolute atomic E-state index is 13.3. The molecule has 0 spiro atoms. The van der Waals surface area contributed by atoms with Crippen LogP contribution in [0, 0.1) is 0 Å². The van der Waals surface area contributed by atoms with Crippen LogP contribution in [0.4, 0.5) is 0 Å². The van der Waals surface area contributed by atoms with Gasteiger partial charge in [0.15, 0.2) is 0 Å². The quantitative estimate of drug-likeness (QED) is 0.571. The molecule has 6 nitrogen and oxygen atoms in total. The second-order valence-corrected chi connectivity index (χ2v) is 7.08. The Hall–Kier alpha value is -2.76. The fraction of sp³-hybridized carbons (Fsp3) is 0.455. The monoisotopic (exact) mass is 385 g/mol. The molecule has 1 amide bonds. The van der Waals surface area contributed by atoms with Crippen molar-refractivity contribution >= 4 is 18.0 Å². The molecule has 6 heteroatoms. The highest BCUT2D eigenvalue weighted by Crippen LogP contribution is 2.38. The highest BCUT2D eigenvalue weighted by molar-refractivity contribution is 6.16. The van der Waals surface area contributed by atoms with Crippen LogP contribution in [0.25, 0.3) is 6.08 Å². The van der Waals surface area contributed by atoms with Crippen molar-refractivity contribution < 1.29 is 23.8 Å². The molecule has 0 bridgehead atoms. The summed E-state index contributed by atoms with van der Waals surface area (Å²) in [4.78, 5) is 27.6. The summed E-state index contributed by atoms with van der Waals surface area (Å²) in [6.07, 6.45) is 6.98. The molecule has 0 unspecified atom stereocenters. The summed E-state index contributed by atoms with van der Waals surface area (Å²) in [5.74, 6) is 0.577. The van der Waals surface area contributed by atoms with Crippen LogP contribution in [0.3, 0.4) is 0 Å². The number of methoxy groups -OCH3 is 3. The number of hydrogen-bond acceptors (Lipinski definition) is 5. The highest BCUT2D eigenvalue weighted by Gasteiger charge is 2.40. The fourth-order valence-electron chi connectivity index (χ4n) is 4.08. The molecule has 0 saturated heterocycles. The maximum atomic E-state index is 13.3. The number of ether oxygens (including phenoxy) is 3. The number of rotatable bonds is 5. The smallest absolute Gasteiger partial charge is 0.340 e. The lowest BCUT2D eigenvalue weighted by atomic mass is 9.94. The van der Waals surface area contributed by atoms with Gasteiger partial charge in [-0.25, -0.2) is 4.79 Å². The van der Waals surface area contributed by atoms with Crippen molar-refractivity contribution in [1.82, 2.24) is 4.90 Å². The molecule has 0 N–H and O–H groups in total. The molecule has 3 rings (SSSR count). The number of allylic oxidation sites excluding steroid dienone is 1. The van der Waals surface area contributed by atoms with Crippen LogP contribution in [-0.2, 0) is 14.3 Å². The maximum Gasteiger partial charge on any atom is 0.340 e. The Morgan fingerprint density at radius 1 is 1.11 bits per heavy atom. The van der Waals surface area contributed by atoms with Crippen LogP contribution >= 0.6 is 0 Å². The number of carbonyl (C=O) groups is 2. The summed E-state index contributed by atoms with van der Waals surface area (Å²) in [5, 5.41) is 0. The summed E-state index contributed by atoms with van der Waals surface area (Å²) in [7, 11) is 4.48. The predicted octanol–water partition coefficient (Wildman–Crippen LogP) is 3.71. The Balaban J connectivity index is 2.09. The Kier molecular flexibility index (Phi) is 6.07. The van der Waals surface area contributed by atoms with Gasteiger partial charge in [0.05, 0.1) is 32.5 Å². The average molecular weight is 385 g/mol. The van der Waals surface area contributed by atoms with Crippen LogP contribution in [-0.4, -0.2) is 44.1 Å². The molecule has 1 aromatic carbocycles. The first-order valence-electron chi connectivity index (χ1n) is 9.58. The van der Waals surface area contributed by atoms with E-state index in [1.165, 1.54) is 13.5 Å². The van der Waals surface area contributed by atoms with Crippen molar-refractivity contribution in [2.75, 3.05) is 21.3 Å². The Morgan fingerprint density at radius 3 is 2.43 bits per heavy atom. The first-order chi connectivity index (χ1) is 13.5. The van der Waals surface area contributed by atoms with Gasteiger partial charge in [-0.05, 0) is 44.0 Å². The molecule has 150 valence electrons. The van der Waals surface area contributed by atoms with Gasteiger partial charge in [-0.2, -0.15) is 0 Å². The second kappa shape index (κ2) is 8.50. The second-order valence-electron chi connectivity index (χ2n) is 7.08. The molecule has 0 radical (unpaired) electrons. The lowest BCUT2D eigenvalue weighted by Gasteiger charge is -2.32. The van der Waals surface area contributed by atoms with E-state index in [-0.39, 0.29) is 11.9 Å². The molecule has 1 aromatic rings. The van der Waals surface area contributed by atoms with Gasteiger partial charge < -0.3 is 19.1 Å². The summed E-state index contributed by atoms with van der Waals surface area (Å²) in [6, 6.07) is 5.47. The van der Waals surface area contributed by atoms with E-state index in [2.05, 4.69) is 0 Å². The highest BCUT2D eigenvalue weighted by atomic mass is 16.5. The molecule has 0 aromatic heterocycles. The van der Waals surface area contributed by atoms with Crippen molar-refractivity contribution in [2.45, 2.75) is 45.1 Å². The largest absolute Gasteiger partial charge is 0.497 e. The summed E-state index contributed by atoms with van der Waals surface area (Å²) in [5.41, 5.74) is 1.99. The minimum atomic E-state index is -0.503. The topological polar surface area (TPSA) is 65.1 Å². The van der Waals surface area contributed by atoms with Crippen molar-refractivity contribution in [3.05, 3.63) is 40.6 Å². The minimum Gasteiger partial charge on any atom is -0.497 e. The zero-order valence-electron chi connectivity index (χ0n) is 16.9. The van der Waals surface area contributed by atoms with Gasteiger partial charge in [0.1, 0.15) is 11.5 Å². The molecule has 1 heterocycles. The van der Waals surface area contributed by atoms with E-state index in [0.717, 1.165) is 25.7 Å². The summed E-state index contributed by atoms with van der Waals surface area (Å²) in [6.45, 7) is 1.82. The molecule has 1 aliphatic carbocycles. The van der Waals surface area contributed by atoms with Crippen molar-refractivity contribution in [3.63, 3.8) is 0 Å². The van der Waals surface area contributed by atoms with Gasteiger partial charge in [-0.1, -0.05) is 19.3 Å². The van der Waals surface area contributed by atoms with Crippen molar-refractivity contribution in [1.29, 1.82) is 0 Å². The Bertz CT molecular complexity index is 833. The van der Waals surface area contributed by atoms with E-state index in [1.807, 2.05) is 6.92 Å². The summed E-state index contributed by atoms with van der Waals surface area (Å²) < 4.78 is 15.7. The predicted molar refractivity (Wildman–Crippen MR) is 106 cm³/mol. The van der Waals surface area contributed by atoms with Crippen LogP contribution in [0.1, 0.15) is 44.6 Å². The number of esters is 1. The van der Waals surface area contributed by atoms with Crippen LogP contribution in [0.5, 0.6) is 11.5 Å². The zero-order chi connectivity index (χ0) is 20.3. The zero-order valence-corrected chi connectivity index (χ0v) is 16.9.